The molecule has 0 aliphatic rings. The van der Waals surface area contributed by atoms with Gasteiger partial charge in [0.2, 0.25) is 0 Å². The van der Waals surface area contributed by atoms with Gasteiger partial charge in [0.15, 0.2) is 0 Å². The molecule has 4 aromatic carbocycles. The quantitative estimate of drug-likeness (QED) is 0.228. The zero-order valence-corrected chi connectivity index (χ0v) is 25.7. The molecule has 32 heavy (non-hydrogen) atoms. The zero-order valence-electron chi connectivity index (χ0n) is 20.7. The summed E-state index contributed by atoms with van der Waals surface area (Å²) in [6.07, 6.45) is 0. The van der Waals surface area contributed by atoms with Crippen molar-refractivity contribution in [2.45, 2.75) is 65.5 Å². The van der Waals surface area contributed by atoms with Crippen molar-refractivity contribution < 1.29 is 48.1 Å². The molecular formula is C28H36Cl2SiZr-2. The molecule has 0 aliphatic carbocycles. The van der Waals surface area contributed by atoms with Gasteiger partial charge in [0.05, 0.1) is 0 Å². The average molecular weight is 563 g/mol. The Labute approximate surface area is 223 Å². The van der Waals surface area contributed by atoms with Crippen LogP contribution in [0, 0.1) is 0 Å². The number of hydrogen-bond donors (Lipinski definition) is 0. The maximum Gasteiger partial charge on any atom is -1.00 e. The van der Waals surface area contributed by atoms with Gasteiger partial charge < -0.3 is 24.8 Å². The topological polar surface area (TPSA) is 0 Å². The van der Waals surface area contributed by atoms with Crippen molar-refractivity contribution in [3.63, 3.8) is 0 Å². The van der Waals surface area contributed by atoms with Gasteiger partial charge >= 0.3 is 41.9 Å². The maximum atomic E-state index is 2.31. The number of halogens is 2. The molecule has 4 rings (SSSR count). The smallest absolute Gasteiger partial charge is 1.00 e. The van der Waals surface area contributed by atoms with E-state index in [-0.39, 0.29) is 41.1 Å². The molecule has 0 bridgehead atoms. The van der Waals surface area contributed by atoms with E-state index >= 15 is 0 Å². The Bertz CT molecular complexity index is 954. The van der Waals surface area contributed by atoms with Gasteiger partial charge in [-0.2, -0.15) is 12.1 Å². The molecule has 0 nitrogen and oxygen atoms in total. The predicted octanol–water partition coefficient (Wildman–Crippen LogP) is 2.50. The van der Waals surface area contributed by atoms with E-state index in [0.29, 0.717) is 0 Å². The summed E-state index contributed by atoms with van der Waals surface area (Å²) in [4.78, 5) is 0. The summed E-state index contributed by atoms with van der Waals surface area (Å²) in [5, 5.41) is 5.42. The van der Waals surface area contributed by atoms with Crippen LogP contribution in [0.25, 0.3) is 21.5 Å². The Hall–Kier alpha value is -0.660. The minimum Gasteiger partial charge on any atom is -1.00 e. The Balaban J connectivity index is 0.000000490. The molecule has 4 heteroatoms. The first-order valence-corrected chi connectivity index (χ1v) is 16.9. The minimum atomic E-state index is 0. The molecular weight excluding hydrogens is 527 g/mol. The third-order valence-electron chi connectivity index (χ3n) is 4.97. The van der Waals surface area contributed by atoms with Crippen LogP contribution in [0.1, 0.15) is 52.7 Å². The van der Waals surface area contributed by atoms with Crippen molar-refractivity contribution in [2.75, 3.05) is 0 Å². The summed E-state index contributed by atoms with van der Waals surface area (Å²) >= 11 is 1.74. The molecule has 4 aromatic rings. The number of hydrogen-bond acceptors (Lipinski definition) is 0. The summed E-state index contributed by atoms with van der Waals surface area (Å²) in [6.45, 7) is 18.1. The van der Waals surface area contributed by atoms with Gasteiger partial charge in [-0.15, -0.1) is 81.2 Å². The first-order valence-electron chi connectivity index (χ1n) is 10.7. The normalized spacial score (nSPS) is 10.8. The number of fused-ring (bicyclic) bond motifs is 2. The largest absolute Gasteiger partial charge is 1.00 e. The molecule has 0 heterocycles. The van der Waals surface area contributed by atoms with Crippen molar-refractivity contribution in [2.24, 2.45) is 0 Å². The van der Waals surface area contributed by atoms with Crippen LogP contribution in [0.15, 0.2) is 72.8 Å². The standard InChI is InChI=1S/2C13H15.C2H6Si.2ClH.Zr/c2*1-13(2,3)12-8-10-6-4-5-7-11(10)9-12;1-3-2;;;/h2*4-9H,1-3H3;1-2H3;2*1H;/q2*-1;;;;+2/p-2. The first kappa shape index (κ1) is 31.3. The summed E-state index contributed by atoms with van der Waals surface area (Å²) in [5.74, 6) is 0. The van der Waals surface area contributed by atoms with Crippen molar-refractivity contribution >= 4 is 27.0 Å². The Morgan fingerprint density at radius 3 is 1.16 bits per heavy atom. The van der Waals surface area contributed by atoms with Crippen LogP contribution in [0.4, 0.5) is 0 Å². The van der Waals surface area contributed by atoms with Gasteiger partial charge in [-0.1, -0.05) is 53.7 Å². The van der Waals surface area contributed by atoms with E-state index in [1.165, 1.54) is 32.7 Å². The van der Waals surface area contributed by atoms with Crippen molar-refractivity contribution in [3.8, 4) is 0 Å². The SMILES string of the molecule is CC(C)(C)c1cc2ccccc2[cH-]1.CC(C)(C)c1cc2ccccc2[cH-]1.C[Si](C)=[Zr+2].[Cl-].[Cl-]. The number of benzene rings is 2. The fourth-order valence-electron chi connectivity index (χ4n) is 3.17. The molecule has 0 aromatic heterocycles. The molecule has 0 saturated carbocycles. The zero-order chi connectivity index (χ0) is 22.5. The van der Waals surface area contributed by atoms with Crippen molar-refractivity contribution in [3.05, 3.63) is 83.9 Å². The van der Waals surface area contributed by atoms with Crippen LogP contribution in [-0.2, 0) is 34.2 Å². The summed E-state index contributed by atoms with van der Waals surface area (Å²) in [6, 6.07) is 26.2. The van der Waals surface area contributed by atoms with E-state index in [9.17, 15) is 0 Å². The fraction of sp³-hybridized carbons (Fsp3) is 0.357. The van der Waals surface area contributed by atoms with Crippen molar-refractivity contribution in [1.82, 2.24) is 0 Å². The Morgan fingerprint density at radius 1 is 0.625 bits per heavy atom. The predicted molar refractivity (Wildman–Crippen MR) is 134 cm³/mol. The van der Waals surface area contributed by atoms with Gasteiger partial charge in [0, 0.05) is 0 Å². The van der Waals surface area contributed by atoms with Crippen LogP contribution in [0.5, 0.6) is 0 Å². The first-order chi connectivity index (χ1) is 13.9. The monoisotopic (exact) mass is 560 g/mol. The summed E-state index contributed by atoms with van der Waals surface area (Å²) in [5.41, 5.74) is 3.59. The second-order valence-electron chi connectivity index (χ2n) is 10.2. The Morgan fingerprint density at radius 2 is 0.906 bits per heavy atom. The molecule has 0 unspecified atom stereocenters. The average Bonchev–Trinajstić information content (AvgIpc) is 3.25. The van der Waals surface area contributed by atoms with Gasteiger partial charge in [-0.25, -0.2) is 0 Å². The fourth-order valence-corrected chi connectivity index (χ4v) is 3.17. The van der Waals surface area contributed by atoms with Crippen LogP contribution in [0.3, 0.4) is 0 Å². The third kappa shape index (κ3) is 9.68. The molecule has 0 aliphatic heterocycles. The van der Waals surface area contributed by atoms with E-state index in [1.807, 2.05) is 0 Å². The van der Waals surface area contributed by atoms with E-state index in [1.54, 1.807) is 23.3 Å². The maximum absolute atomic E-state index is 2.31. The van der Waals surface area contributed by atoms with Crippen LogP contribution < -0.4 is 24.8 Å². The van der Waals surface area contributed by atoms with Gasteiger partial charge in [0.1, 0.15) is 0 Å². The van der Waals surface area contributed by atoms with E-state index in [0.717, 1.165) is 0 Å². The van der Waals surface area contributed by atoms with Gasteiger partial charge in [-0.3, -0.25) is 0 Å². The van der Waals surface area contributed by atoms with E-state index in [4.69, 9.17) is 0 Å². The third-order valence-corrected chi connectivity index (χ3v) is 4.97. The minimum absolute atomic E-state index is 0. The summed E-state index contributed by atoms with van der Waals surface area (Å²) < 4.78 is 0. The van der Waals surface area contributed by atoms with Gasteiger partial charge in [-0.05, 0) is 10.8 Å². The second-order valence-corrected chi connectivity index (χ2v) is 19.6. The molecule has 0 atom stereocenters. The van der Waals surface area contributed by atoms with E-state index in [2.05, 4.69) is 127 Å². The van der Waals surface area contributed by atoms with Crippen molar-refractivity contribution in [1.29, 1.82) is 0 Å². The van der Waals surface area contributed by atoms with Crippen LogP contribution in [-0.4, -0.2) is 5.43 Å². The molecule has 0 fully saturated rings. The molecule has 172 valence electrons. The van der Waals surface area contributed by atoms with Gasteiger partial charge in [0.25, 0.3) is 0 Å². The molecule has 0 amide bonds. The van der Waals surface area contributed by atoms with E-state index < -0.39 is 0 Å². The summed E-state index contributed by atoms with van der Waals surface area (Å²) in [7, 11) is 0. The second kappa shape index (κ2) is 13.3. The molecule has 0 N–H and O–H groups in total. The molecule has 0 saturated heterocycles. The molecule has 0 radical (unpaired) electrons. The van der Waals surface area contributed by atoms with Crippen LogP contribution >= 0.6 is 0 Å². The molecule has 0 spiro atoms. The Kier molecular flexibility index (Phi) is 13.0. The van der Waals surface area contributed by atoms with Crippen LogP contribution in [0.2, 0.25) is 13.1 Å². The number of rotatable bonds is 0.